The lowest BCUT2D eigenvalue weighted by Crippen LogP contribution is -1.90. The first kappa shape index (κ1) is 15.5. The van der Waals surface area contributed by atoms with Crippen molar-refractivity contribution in [2.24, 2.45) is 0 Å². The number of rotatable bonds is 3. The number of methoxy groups -OCH3 is 1. The van der Waals surface area contributed by atoms with Crippen LogP contribution >= 0.6 is 0 Å². The fourth-order valence-electron chi connectivity index (χ4n) is 3.43. The van der Waals surface area contributed by atoms with Crippen molar-refractivity contribution in [3.63, 3.8) is 0 Å². The summed E-state index contributed by atoms with van der Waals surface area (Å²) in [6, 6.07) is 9.97. The molecule has 5 aromatic rings. The lowest BCUT2D eigenvalue weighted by atomic mass is 10.00. The molecule has 0 unspecified atom stereocenters. The summed E-state index contributed by atoms with van der Waals surface area (Å²) in [7, 11) is 1.67. The van der Waals surface area contributed by atoms with Crippen LogP contribution in [0.4, 0.5) is 0 Å². The third kappa shape index (κ3) is 2.50. The first-order valence-corrected chi connectivity index (χ1v) is 8.49. The molecule has 0 aliphatic rings. The van der Waals surface area contributed by atoms with Gasteiger partial charge in [0.25, 0.3) is 0 Å². The molecule has 5 rings (SSSR count). The molecule has 130 valence electrons. The number of hydrogen-bond donors (Lipinski definition) is 1. The molecule has 6 heteroatoms. The van der Waals surface area contributed by atoms with Crippen LogP contribution in [-0.4, -0.2) is 32.0 Å². The predicted octanol–water partition coefficient (Wildman–Crippen LogP) is 4.24. The lowest BCUT2D eigenvalue weighted by Gasteiger charge is -2.10. The molecule has 0 spiro atoms. The van der Waals surface area contributed by atoms with Gasteiger partial charge in [-0.25, -0.2) is 9.97 Å². The molecular weight excluding hydrogens is 338 g/mol. The second-order valence-electron chi connectivity index (χ2n) is 6.17. The fourth-order valence-corrected chi connectivity index (χ4v) is 3.43. The summed E-state index contributed by atoms with van der Waals surface area (Å²) in [6.07, 6.45) is 10.5. The van der Waals surface area contributed by atoms with Crippen molar-refractivity contribution in [2.45, 2.75) is 0 Å². The highest BCUT2D eigenvalue weighted by atomic mass is 16.5. The minimum atomic E-state index is 0.776. The van der Waals surface area contributed by atoms with Crippen LogP contribution in [0.3, 0.4) is 0 Å². The zero-order valence-corrected chi connectivity index (χ0v) is 14.5. The summed E-state index contributed by atoms with van der Waals surface area (Å²) in [5.41, 5.74) is 5.68. The van der Waals surface area contributed by atoms with Gasteiger partial charge in [0.15, 0.2) is 0 Å². The molecule has 0 saturated heterocycles. The van der Waals surface area contributed by atoms with Gasteiger partial charge in [0.05, 0.1) is 24.5 Å². The van der Waals surface area contributed by atoms with E-state index in [1.165, 1.54) is 6.33 Å². The van der Waals surface area contributed by atoms with Gasteiger partial charge in [-0.05, 0) is 30.3 Å². The molecule has 0 fully saturated rings. The minimum absolute atomic E-state index is 0.776. The Labute approximate surface area is 154 Å². The van der Waals surface area contributed by atoms with Crippen LogP contribution in [0.15, 0.2) is 67.6 Å². The van der Waals surface area contributed by atoms with Gasteiger partial charge in [-0.15, -0.1) is 0 Å². The highest BCUT2D eigenvalue weighted by Gasteiger charge is 2.17. The Bertz CT molecular complexity index is 1250. The fraction of sp³-hybridized carbons (Fsp3) is 0.0476. The van der Waals surface area contributed by atoms with E-state index in [1.807, 2.05) is 36.7 Å². The second kappa shape index (κ2) is 6.17. The van der Waals surface area contributed by atoms with Crippen molar-refractivity contribution in [2.75, 3.05) is 7.11 Å². The maximum absolute atomic E-state index is 5.65. The highest BCUT2D eigenvalue weighted by Crippen LogP contribution is 2.40. The summed E-state index contributed by atoms with van der Waals surface area (Å²) < 4.78 is 5.65. The van der Waals surface area contributed by atoms with Crippen molar-refractivity contribution >= 4 is 21.8 Å². The molecule has 0 saturated carbocycles. The smallest absolute Gasteiger partial charge is 0.127 e. The molecule has 0 bridgehead atoms. The van der Waals surface area contributed by atoms with Gasteiger partial charge < -0.3 is 9.72 Å². The lowest BCUT2D eigenvalue weighted by molar-refractivity contribution is 0.417. The normalized spacial score (nSPS) is 11.1. The van der Waals surface area contributed by atoms with Crippen LogP contribution in [0.25, 0.3) is 44.2 Å². The molecule has 0 aliphatic carbocycles. The summed E-state index contributed by atoms with van der Waals surface area (Å²) in [5, 5.41) is 2.13. The Morgan fingerprint density at radius 1 is 0.889 bits per heavy atom. The number of aromatic amines is 1. The topological polar surface area (TPSA) is 76.6 Å². The van der Waals surface area contributed by atoms with Gasteiger partial charge in [0.2, 0.25) is 0 Å². The number of fused-ring (bicyclic) bond motifs is 3. The van der Waals surface area contributed by atoms with Gasteiger partial charge >= 0.3 is 0 Å². The summed E-state index contributed by atoms with van der Waals surface area (Å²) in [4.78, 5) is 20.6. The zero-order valence-electron chi connectivity index (χ0n) is 14.5. The molecule has 0 radical (unpaired) electrons. The SMILES string of the molecule is COc1ccc2[nH]c3cnc(-c4cccnc4)cc3c2c1-c1cncnc1. The number of H-pyrrole nitrogens is 1. The van der Waals surface area contributed by atoms with Crippen LogP contribution in [0, 0.1) is 0 Å². The second-order valence-corrected chi connectivity index (χ2v) is 6.17. The number of hydrogen-bond acceptors (Lipinski definition) is 5. The third-order valence-electron chi connectivity index (χ3n) is 4.64. The monoisotopic (exact) mass is 353 g/mol. The van der Waals surface area contributed by atoms with Gasteiger partial charge in [-0.2, -0.15) is 0 Å². The zero-order chi connectivity index (χ0) is 18.2. The Morgan fingerprint density at radius 3 is 2.52 bits per heavy atom. The Hall–Kier alpha value is -3.80. The molecule has 0 aliphatic heterocycles. The van der Waals surface area contributed by atoms with E-state index in [2.05, 4.69) is 31.0 Å². The average molecular weight is 353 g/mol. The van der Waals surface area contributed by atoms with E-state index < -0.39 is 0 Å². The Balaban J connectivity index is 1.87. The average Bonchev–Trinajstić information content (AvgIpc) is 3.12. The van der Waals surface area contributed by atoms with E-state index in [9.17, 15) is 0 Å². The van der Waals surface area contributed by atoms with Gasteiger partial charge in [-0.3, -0.25) is 9.97 Å². The summed E-state index contributed by atoms with van der Waals surface area (Å²) >= 11 is 0. The van der Waals surface area contributed by atoms with Crippen molar-refractivity contribution in [1.82, 2.24) is 24.9 Å². The number of pyridine rings is 2. The first-order chi connectivity index (χ1) is 13.3. The quantitative estimate of drug-likeness (QED) is 0.525. The van der Waals surface area contributed by atoms with E-state index in [0.717, 1.165) is 49.9 Å². The van der Waals surface area contributed by atoms with Crippen LogP contribution in [0.5, 0.6) is 5.75 Å². The maximum Gasteiger partial charge on any atom is 0.127 e. The third-order valence-corrected chi connectivity index (χ3v) is 4.64. The van der Waals surface area contributed by atoms with E-state index in [1.54, 1.807) is 25.7 Å². The molecule has 0 atom stereocenters. The maximum atomic E-state index is 5.65. The first-order valence-electron chi connectivity index (χ1n) is 8.49. The largest absolute Gasteiger partial charge is 0.496 e. The van der Waals surface area contributed by atoms with Gasteiger partial charge in [0, 0.05) is 57.8 Å². The van der Waals surface area contributed by atoms with E-state index in [0.29, 0.717) is 0 Å². The molecule has 0 amide bonds. The standard InChI is InChI=1S/C21H15N5O/c1-27-19-5-4-16-21(20(19)14-9-23-12-24-10-14)15-7-17(25-11-18(15)26-16)13-3-2-6-22-8-13/h2-12,26H,1H3. The number of nitrogens with zero attached hydrogens (tertiary/aromatic N) is 4. The number of aromatic nitrogens is 5. The molecule has 4 aromatic heterocycles. The van der Waals surface area contributed by atoms with Crippen LogP contribution in [0.1, 0.15) is 0 Å². The number of nitrogens with one attached hydrogen (secondary N) is 1. The van der Waals surface area contributed by atoms with Crippen LogP contribution < -0.4 is 4.74 Å². The van der Waals surface area contributed by atoms with Gasteiger partial charge in [-0.1, -0.05) is 0 Å². The van der Waals surface area contributed by atoms with E-state index in [4.69, 9.17) is 4.74 Å². The summed E-state index contributed by atoms with van der Waals surface area (Å²) in [5.74, 6) is 0.776. The van der Waals surface area contributed by atoms with Crippen molar-refractivity contribution in [3.05, 3.63) is 67.6 Å². The number of ether oxygens (including phenoxy) is 1. The molecule has 1 N–H and O–H groups in total. The van der Waals surface area contributed by atoms with E-state index >= 15 is 0 Å². The van der Waals surface area contributed by atoms with Crippen molar-refractivity contribution in [1.29, 1.82) is 0 Å². The number of benzene rings is 1. The molecule has 6 nitrogen and oxygen atoms in total. The molecule has 1 aromatic carbocycles. The van der Waals surface area contributed by atoms with Gasteiger partial charge in [0.1, 0.15) is 12.1 Å². The van der Waals surface area contributed by atoms with E-state index in [-0.39, 0.29) is 0 Å². The highest BCUT2D eigenvalue weighted by molar-refractivity contribution is 6.15. The molecular formula is C21H15N5O. The summed E-state index contributed by atoms with van der Waals surface area (Å²) in [6.45, 7) is 0. The Morgan fingerprint density at radius 2 is 1.74 bits per heavy atom. The predicted molar refractivity (Wildman–Crippen MR) is 104 cm³/mol. The van der Waals surface area contributed by atoms with Crippen LogP contribution in [0.2, 0.25) is 0 Å². The minimum Gasteiger partial charge on any atom is -0.496 e. The van der Waals surface area contributed by atoms with Crippen molar-refractivity contribution in [3.8, 4) is 28.1 Å². The Kier molecular flexibility index (Phi) is 3.53. The van der Waals surface area contributed by atoms with Crippen molar-refractivity contribution < 1.29 is 4.74 Å². The van der Waals surface area contributed by atoms with Crippen LogP contribution in [-0.2, 0) is 0 Å². The molecule has 4 heterocycles. The molecule has 27 heavy (non-hydrogen) atoms.